The number of aliphatic hydroxyl groups excluding tert-OH is 1. The van der Waals surface area contributed by atoms with Gasteiger partial charge in [-0.2, -0.15) is 0 Å². The molecule has 0 amide bonds. The van der Waals surface area contributed by atoms with Gasteiger partial charge in [-0.05, 0) is 19.9 Å². The van der Waals surface area contributed by atoms with Crippen LogP contribution in [0.25, 0.3) is 0 Å². The molecule has 5 nitrogen and oxygen atoms in total. The molecule has 0 unspecified atom stereocenters. The van der Waals surface area contributed by atoms with E-state index < -0.39 is 0 Å². The lowest BCUT2D eigenvalue weighted by molar-refractivity contribution is 0.230. The maximum atomic E-state index is 8.79. The predicted molar refractivity (Wildman–Crippen MR) is 57.0 cm³/mol. The normalized spacial score (nSPS) is 15.9. The van der Waals surface area contributed by atoms with Crippen molar-refractivity contribution in [1.29, 1.82) is 0 Å². The standard InChI is InChI=1S/C9H15N3O2S/c1-12(7-2-3-7)4-5-14-9-11-10-8(6-13)15-9/h7,13H,2-6H2,1H3. The summed E-state index contributed by atoms with van der Waals surface area (Å²) in [6, 6.07) is 0.760. The van der Waals surface area contributed by atoms with Crippen molar-refractivity contribution >= 4 is 11.3 Å². The first kappa shape index (κ1) is 10.8. The summed E-state index contributed by atoms with van der Waals surface area (Å²) in [5.74, 6) is 0. The van der Waals surface area contributed by atoms with Gasteiger partial charge in [0.05, 0.1) is 6.61 Å². The fourth-order valence-electron chi connectivity index (χ4n) is 1.34. The molecule has 0 aliphatic heterocycles. The fourth-order valence-corrected chi connectivity index (χ4v) is 1.91. The molecule has 1 heterocycles. The number of nitrogens with zero attached hydrogens (tertiary/aromatic N) is 3. The minimum Gasteiger partial charge on any atom is -0.468 e. The van der Waals surface area contributed by atoms with E-state index in [4.69, 9.17) is 9.84 Å². The molecule has 6 heteroatoms. The van der Waals surface area contributed by atoms with Gasteiger partial charge in [-0.1, -0.05) is 16.4 Å². The molecular weight excluding hydrogens is 214 g/mol. The molecule has 2 rings (SSSR count). The van der Waals surface area contributed by atoms with E-state index in [9.17, 15) is 0 Å². The highest BCUT2D eigenvalue weighted by Gasteiger charge is 2.25. The van der Waals surface area contributed by atoms with Crippen LogP contribution in [0.5, 0.6) is 5.19 Å². The molecule has 1 aliphatic rings. The second-order valence-corrected chi connectivity index (χ2v) is 4.70. The highest BCUT2D eigenvalue weighted by atomic mass is 32.1. The third-order valence-electron chi connectivity index (χ3n) is 2.42. The Morgan fingerprint density at radius 2 is 2.33 bits per heavy atom. The molecule has 1 fully saturated rings. The predicted octanol–water partition coefficient (Wildman–Crippen LogP) is 0.503. The minimum atomic E-state index is -0.0665. The van der Waals surface area contributed by atoms with Crippen LogP contribution < -0.4 is 4.74 Å². The average molecular weight is 229 g/mol. The molecule has 1 aromatic heterocycles. The van der Waals surface area contributed by atoms with Gasteiger partial charge >= 0.3 is 0 Å². The zero-order valence-electron chi connectivity index (χ0n) is 8.72. The van der Waals surface area contributed by atoms with Crippen molar-refractivity contribution in [2.75, 3.05) is 20.2 Å². The Labute approximate surface area is 92.7 Å². The number of aliphatic hydroxyl groups is 1. The summed E-state index contributed by atoms with van der Waals surface area (Å²) in [6.45, 7) is 1.48. The van der Waals surface area contributed by atoms with E-state index in [2.05, 4.69) is 22.1 Å². The molecule has 0 spiro atoms. The van der Waals surface area contributed by atoms with Crippen molar-refractivity contribution in [2.24, 2.45) is 0 Å². The van der Waals surface area contributed by atoms with Crippen molar-refractivity contribution in [3.63, 3.8) is 0 Å². The van der Waals surface area contributed by atoms with Crippen LogP contribution in [0, 0.1) is 0 Å². The molecule has 0 radical (unpaired) electrons. The molecule has 0 bridgehead atoms. The van der Waals surface area contributed by atoms with Crippen LogP contribution in [0.3, 0.4) is 0 Å². The number of hydrogen-bond donors (Lipinski definition) is 1. The molecule has 0 saturated heterocycles. The number of rotatable bonds is 6. The molecule has 1 aliphatic carbocycles. The zero-order valence-corrected chi connectivity index (χ0v) is 9.53. The quantitative estimate of drug-likeness (QED) is 0.770. The molecule has 0 aromatic carbocycles. The van der Waals surface area contributed by atoms with Gasteiger partial charge in [-0.15, -0.1) is 5.10 Å². The van der Waals surface area contributed by atoms with Crippen molar-refractivity contribution in [3.8, 4) is 5.19 Å². The van der Waals surface area contributed by atoms with E-state index >= 15 is 0 Å². The zero-order chi connectivity index (χ0) is 10.7. The first-order valence-corrected chi connectivity index (χ1v) is 5.87. The highest BCUT2D eigenvalue weighted by molar-refractivity contribution is 7.13. The molecule has 1 aromatic rings. The number of likely N-dealkylation sites (N-methyl/N-ethyl adjacent to an activating group) is 1. The number of aromatic nitrogens is 2. The van der Waals surface area contributed by atoms with Crippen molar-refractivity contribution in [2.45, 2.75) is 25.5 Å². The van der Waals surface area contributed by atoms with Crippen LogP contribution in [0.4, 0.5) is 0 Å². The Bertz CT molecular complexity index is 314. The molecule has 1 N–H and O–H groups in total. The van der Waals surface area contributed by atoms with Crippen LogP contribution >= 0.6 is 11.3 Å². The van der Waals surface area contributed by atoms with Crippen LogP contribution in [0.15, 0.2) is 0 Å². The first-order valence-electron chi connectivity index (χ1n) is 5.06. The molecular formula is C9H15N3O2S. The molecule has 0 atom stereocenters. The van der Waals surface area contributed by atoms with E-state index in [0.29, 0.717) is 16.8 Å². The summed E-state index contributed by atoms with van der Waals surface area (Å²) in [5.41, 5.74) is 0. The second-order valence-electron chi connectivity index (χ2n) is 3.68. The third kappa shape index (κ3) is 3.12. The monoisotopic (exact) mass is 229 g/mol. The van der Waals surface area contributed by atoms with Gasteiger partial charge in [-0.3, -0.25) is 0 Å². The molecule has 84 valence electrons. The average Bonchev–Trinajstić information content (AvgIpc) is 2.99. The maximum Gasteiger partial charge on any atom is 0.294 e. The molecule has 15 heavy (non-hydrogen) atoms. The van der Waals surface area contributed by atoms with Gasteiger partial charge in [-0.25, -0.2) is 0 Å². The van der Waals surface area contributed by atoms with Gasteiger partial charge in [0.2, 0.25) is 0 Å². The SMILES string of the molecule is CN(CCOc1nnc(CO)s1)C1CC1. The first-order chi connectivity index (χ1) is 7.29. The van der Waals surface area contributed by atoms with Gasteiger partial charge in [0, 0.05) is 12.6 Å². The maximum absolute atomic E-state index is 8.79. The Morgan fingerprint density at radius 3 is 2.93 bits per heavy atom. The number of hydrogen-bond acceptors (Lipinski definition) is 6. The van der Waals surface area contributed by atoms with Gasteiger partial charge < -0.3 is 14.7 Å². The summed E-state index contributed by atoms with van der Waals surface area (Å²) in [5, 5.41) is 17.5. The van der Waals surface area contributed by atoms with Gasteiger partial charge in [0.1, 0.15) is 11.6 Å². The topological polar surface area (TPSA) is 58.5 Å². The second kappa shape index (κ2) is 4.87. The van der Waals surface area contributed by atoms with Crippen LogP contribution in [0.1, 0.15) is 17.8 Å². The van der Waals surface area contributed by atoms with Crippen molar-refractivity contribution in [1.82, 2.24) is 15.1 Å². The lowest BCUT2D eigenvalue weighted by atomic mass is 10.5. The summed E-state index contributed by atoms with van der Waals surface area (Å²) < 4.78 is 5.43. The smallest absolute Gasteiger partial charge is 0.294 e. The summed E-state index contributed by atoms with van der Waals surface area (Å²) >= 11 is 1.30. The Balaban J connectivity index is 1.68. The van der Waals surface area contributed by atoms with E-state index in [1.54, 1.807) is 0 Å². The van der Waals surface area contributed by atoms with E-state index in [0.717, 1.165) is 12.6 Å². The lowest BCUT2D eigenvalue weighted by Gasteiger charge is -2.14. The van der Waals surface area contributed by atoms with Crippen LogP contribution in [-0.2, 0) is 6.61 Å². The Hall–Kier alpha value is -0.720. The third-order valence-corrected chi connectivity index (χ3v) is 3.24. The van der Waals surface area contributed by atoms with Gasteiger partial charge in [0.15, 0.2) is 0 Å². The van der Waals surface area contributed by atoms with E-state index in [1.807, 2.05) is 0 Å². The van der Waals surface area contributed by atoms with Crippen LogP contribution in [-0.4, -0.2) is 46.4 Å². The summed E-state index contributed by atoms with van der Waals surface area (Å²) in [4.78, 5) is 2.30. The lowest BCUT2D eigenvalue weighted by Crippen LogP contribution is -2.26. The van der Waals surface area contributed by atoms with E-state index in [-0.39, 0.29) is 6.61 Å². The largest absolute Gasteiger partial charge is 0.468 e. The summed E-state index contributed by atoms with van der Waals surface area (Å²) in [6.07, 6.45) is 2.62. The van der Waals surface area contributed by atoms with Crippen LogP contribution in [0.2, 0.25) is 0 Å². The Kier molecular flexibility index (Phi) is 3.50. The van der Waals surface area contributed by atoms with Crippen molar-refractivity contribution < 1.29 is 9.84 Å². The van der Waals surface area contributed by atoms with E-state index in [1.165, 1.54) is 24.2 Å². The minimum absolute atomic E-state index is 0.0665. The van der Waals surface area contributed by atoms with Crippen molar-refractivity contribution in [3.05, 3.63) is 5.01 Å². The highest BCUT2D eigenvalue weighted by Crippen LogP contribution is 2.25. The summed E-state index contributed by atoms with van der Waals surface area (Å²) in [7, 11) is 2.11. The number of ether oxygens (including phenoxy) is 1. The molecule has 1 saturated carbocycles. The van der Waals surface area contributed by atoms with Gasteiger partial charge in [0.25, 0.3) is 5.19 Å². The fraction of sp³-hybridized carbons (Fsp3) is 0.778. The Morgan fingerprint density at radius 1 is 1.53 bits per heavy atom.